The van der Waals surface area contributed by atoms with E-state index in [9.17, 15) is 18.0 Å². The minimum absolute atomic E-state index is 0.00721. The molecule has 0 fully saturated rings. The van der Waals surface area contributed by atoms with E-state index >= 15 is 0 Å². The Bertz CT molecular complexity index is 1340. The molecule has 0 aliphatic rings. The molecule has 0 unspecified atom stereocenters. The molecule has 0 saturated heterocycles. The first-order valence-electron chi connectivity index (χ1n) is 9.29. The smallest absolute Gasteiger partial charge is 0.287 e. The Kier molecular flexibility index (Phi) is 7.29. The highest BCUT2D eigenvalue weighted by atomic mass is 35.5. The highest BCUT2D eigenvalue weighted by molar-refractivity contribution is 7.89. The first kappa shape index (κ1) is 23.9. The number of carbonyl (C=O) groups is 1. The lowest BCUT2D eigenvalue weighted by atomic mass is 10.2. The van der Waals surface area contributed by atoms with E-state index in [1.54, 1.807) is 31.3 Å². The molecular weight excluding hydrogens is 477 g/mol. The summed E-state index contributed by atoms with van der Waals surface area (Å²) in [6.45, 7) is 3.12. The van der Waals surface area contributed by atoms with Gasteiger partial charge in [-0.25, -0.2) is 17.8 Å². The lowest BCUT2D eigenvalue weighted by molar-refractivity contribution is -0.117. The molecule has 32 heavy (non-hydrogen) atoms. The van der Waals surface area contributed by atoms with Crippen molar-refractivity contribution < 1.29 is 13.2 Å². The number of halogens is 2. The molecule has 0 atom stereocenters. The Labute approximate surface area is 194 Å². The third-order valence-electron chi connectivity index (χ3n) is 4.41. The van der Waals surface area contributed by atoms with E-state index in [-0.39, 0.29) is 27.2 Å². The first-order valence-corrected chi connectivity index (χ1v) is 11.5. The third kappa shape index (κ3) is 5.71. The molecule has 1 aromatic carbocycles. The second-order valence-electron chi connectivity index (χ2n) is 6.95. The number of amides is 1. The molecule has 0 spiro atoms. The number of aryl methyl sites for hydroxylation is 2. The van der Waals surface area contributed by atoms with Gasteiger partial charge in [-0.05, 0) is 49.2 Å². The highest BCUT2D eigenvalue weighted by Crippen LogP contribution is 2.21. The number of anilines is 1. The van der Waals surface area contributed by atoms with Crippen molar-refractivity contribution in [2.24, 2.45) is 0 Å². The van der Waals surface area contributed by atoms with Crippen LogP contribution in [0.25, 0.3) is 0 Å². The summed E-state index contributed by atoms with van der Waals surface area (Å²) in [6.07, 6.45) is 2.76. The molecule has 0 aliphatic carbocycles. The standard InChI is InChI=1S/C20H19Cl2N5O4S/c1-12-5-6-23-15(7-12)9-25-32(30,31)17-8-14(4-3-13(17)2)26-18(28)11-27-20(29)19(22)16(21)10-24-27/h3-8,10,25H,9,11H2,1-2H3,(H,26,28). The Morgan fingerprint density at radius 3 is 2.62 bits per heavy atom. The van der Waals surface area contributed by atoms with Crippen LogP contribution in [0.1, 0.15) is 16.8 Å². The van der Waals surface area contributed by atoms with Gasteiger partial charge in [0, 0.05) is 11.9 Å². The number of nitrogens with one attached hydrogen (secondary N) is 2. The van der Waals surface area contributed by atoms with Gasteiger partial charge in [-0.3, -0.25) is 14.6 Å². The van der Waals surface area contributed by atoms with E-state index in [0.717, 1.165) is 16.4 Å². The summed E-state index contributed by atoms with van der Waals surface area (Å²) in [5.41, 5.74) is 1.56. The second kappa shape index (κ2) is 9.78. The molecule has 168 valence electrons. The topological polar surface area (TPSA) is 123 Å². The number of rotatable bonds is 7. The van der Waals surface area contributed by atoms with Crippen LogP contribution < -0.4 is 15.6 Å². The Morgan fingerprint density at radius 2 is 1.91 bits per heavy atom. The van der Waals surface area contributed by atoms with E-state index in [2.05, 4.69) is 20.1 Å². The zero-order valence-corrected chi connectivity index (χ0v) is 19.4. The second-order valence-corrected chi connectivity index (χ2v) is 9.47. The number of aromatic nitrogens is 3. The van der Waals surface area contributed by atoms with Crippen LogP contribution in [0.5, 0.6) is 0 Å². The molecule has 3 rings (SSSR count). The van der Waals surface area contributed by atoms with E-state index < -0.39 is 28.0 Å². The number of pyridine rings is 1. The van der Waals surface area contributed by atoms with Crippen LogP contribution in [-0.2, 0) is 27.9 Å². The fraction of sp³-hybridized carbons (Fsp3) is 0.200. The summed E-state index contributed by atoms with van der Waals surface area (Å²) in [5, 5.41) is 6.06. The molecule has 2 heterocycles. The van der Waals surface area contributed by atoms with Crippen LogP contribution in [0, 0.1) is 13.8 Å². The molecule has 9 nitrogen and oxygen atoms in total. The number of carbonyl (C=O) groups excluding carboxylic acids is 1. The third-order valence-corrected chi connectivity index (χ3v) is 6.70. The van der Waals surface area contributed by atoms with Crippen molar-refractivity contribution in [2.75, 3.05) is 5.32 Å². The van der Waals surface area contributed by atoms with Crippen molar-refractivity contribution in [2.45, 2.75) is 31.8 Å². The molecule has 2 N–H and O–H groups in total. The van der Waals surface area contributed by atoms with Crippen molar-refractivity contribution in [3.8, 4) is 0 Å². The van der Waals surface area contributed by atoms with E-state index in [0.29, 0.717) is 11.3 Å². The van der Waals surface area contributed by atoms with Crippen molar-refractivity contribution in [3.63, 3.8) is 0 Å². The largest absolute Gasteiger partial charge is 0.324 e. The number of hydrogen-bond donors (Lipinski definition) is 2. The minimum Gasteiger partial charge on any atom is -0.324 e. The molecule has 0 bridgehead atoms. The molecule has 3 aromatic rings. The van der Waals surface area contributed by atoms with Gasteiger partial charge in [0.25, 0.3) is 5.56 Å². The molecule has 0 aliphatic heterocycles. The van der Waals surface area contributed by atoms with Gasteiger partial charge < -0.3 is 5.32 Å². The Balaban J connectivity index is 1.75. The van der Waals surface area contributed by atoms with Crippen LogP contribution >= 0.6 is 23.2 Å². The predicted molar refractivity (Wildman–Crippen MR) is 121 cm³/mol. The monoisotopic (exact) mass is 495 g/mol. The van der Waals surface area contributed by atoms with Gasteiger partial charge in [-0.1, -0.05) is 29.3 Å². The number of sulfonamides is 1. The fourth-order valence-electron chi connectivity index (χ4n) is 2.80. The zero-order valence-electron chi connectivity index (χ0n) is 17.1. The fourth-order valence-corrected chi connectivity index (χ4v) is 4.34. The summed E-state index contributed by atoms with van der Waals surface area (Å²) in [5.74, 6) is -0.595. The maximum Gasteiger partial charge on any atom is 0.287 e. The number of benzene rings is 1. The predicted octanol–water partition coefficient (Wildman–Crippen LogP) is 2.68. The minimum atomic E-state index is -3.88. The molecular formula is C20H19Cl2N5O4S. The van der Waals surface area contributed by atoms with Gasteiger partial charge in [-0.2, -0.15) is 5.10 Å². The van der Waals surface area contributed by atoms with Crippen molar-refractivity contribution in [1.82, 2.24) is 19.5 Å². The van der Waals surface area contributed by atoms with Gasteiger partial charge in [0.1, 0.15) is 11.6 Å². The summed E-state index contributed by atoms with van der Waals surface area (Å²) in [6, 6.07) is 8.06. The zero-order chi connectivity index (χ0) is 23.5. The first-order chi connectivity index (χ1) is 15.1. The lowest BCUT2D eigenvalue weighted by Crippen LogP contribution is -2.30. The highest BCUT2D eigenvalue weighted by Gasteiger charge is 2.18. The van der Waals surface area contributed by atoms with Crippen LogP contribution in [0.15, 0.2) is 52.4 Å². The van der Waals surface area contributed by atoms with Gasteiger partial charge in [-0.15, -0.1) is 0 Å². The Hall–Kier alpha value is -2.79. The van der Waals surface area contributed by atoms with E-state index in [1.165, 1.54) is 6.07 Å². The van der Waals surface area contributed by atoms with Crippen molar-refractivity contribution >= 4 is 44.8 Å². The van der Waals surface area contributed by atoms with Gasteiger partial charge in [0.2, 0.25) is 15.9 Å². The van der Waals surface area contributed by atoms with Gasteiger partial charge in [0.05, 0.1) is 28.4 Å². The maximum atomic E-state index is 12.8. The quantitative estimate of drug-likeness (QED) is 0.519. The van der Waals surface area contributed by atoms with Gasteiger partial charge >= 0.3 is 0 Å². The number of hydrogen-bond acceptors (Lipinski definition) is 6. The van der Waals surface area contributed by atoms with Crippen LogP contribution in [-0.4, -0.2) is 29.1 Å². The molecule has 12 heteroatoms. The van der Waals surface area contributed by atoms with E-state index in [4.69, 9.17) is 23.2 Å². The Morgan fingerprint density at radius 1 is 1.16 bits per heavy atom. The molecule has 0 saturated carbocycles. The number of nitrogens with zero attached hydrogens (tertiary/aromatic N) is 3. The molecule has 2 aromatic heterocycles. The summed E-state index contributed by atoms with van der Waals surface area (Å²) in [4.78, 5) is 28.5. The molecule has 0 radical (unpaired) electrons. The van der Waals surface area contributed by atoms with Crippen molar-refractivity contribution in [1.29, 1.82) is 0 Å². The average molecular weight is 496 g/mol. The normalized spacial score (nSPS) is 11.4. The average Bonchev–Trinajstić information content (AvgIpc) is 2.74. The van der Waals surface area contributed by atoms with Crippen LogP contribution in [0.2, 0.25) is 10.0 Å². The lowest BCUT2D eigenvalue weighted by Gasteiger charge is -2.12. The summed E-state index contributed by atoms with van der Waals surface area (Å²) in [7, 11) is -3.88. The van der Waals surface area contributed by atoms with Crippen LogP contribution in [0.4, 0.5) is 5.69 Å². The van der Waals surface area contributed by atoms with Gasteiger partial charge in [0.15, 0.2) is 0 Å². The van der Waals surface area contributed by atoms with E-state index in [1.807, 2.05) is 13.0 Å². The summed E-state index contributed by atoms with van der Waals surface area (Å²) >= 11 is 11.5. The summed E-state index contributed by atoms with van der Waals surface area (Å²) < 4.78 is 29.0. The van der Waals surface area contributed by atoms with Crippen molar-refractivity contribution in [3.05, 3.63) is 79.9 Å². The van der Waals surface area contributed by atoms with Crippen LogP contribution in [0.3, 0.4) is 0 Å². The SMILES string of the molecule is Cc1ccnc(CNS(=O)(=O)c2cc(NC(=O)Cn3ncc(Cl)c(Cl)c3=O)ccc2C)c1. The maximum absolute atomic E-state index is 12.8. The molecule has 1 amide bonds.